The third-order valence-electron chi connectivity index (χ3n) is 5.06. The summed E-state index contributed by atoms with van der Waals surface area (Å²) in [6.45, 7) is 2.92. The van der Waals surface area contributed by atoms with E-state index in [2.05, 4.69) is 0 Å². The van der Waals surface area contributed by atoms with E-state index >= 15 is 0 Å². The lowest BCUT2D eigenvalue weighted by molar-refractivity contribution is -0.135. The molecule has 1 heterocycles. The number of ether oxygens (including phenoxy) is 4. The van der Waals surface area contributed by atoms with E-state index in [4.69, 9.17) is 18.9 Å². The molecule has 0 unspecified atom stereocenters. The van der Waals surface area contributed by atoms with Gasteiger partial charge in [-0.25, -0.2) is 9.69 Å². The highest BCUT2D eigenvalue weighted by Crippen LogP contribution is 2.37. The fourth-order valence-electron chi connectivity index (χ4n) is 3.72. The molecule has 1 aliphatic heterocycles. The van der Waals surface area contributed by atoms with Gasteiger partial charge in [0.25, 0.3) is 0 Å². The van der Waals surface area contributed by atoms with Crippen molar-refractivity contribution in [2.45, 2.75) is 27.3 Å². The lowest BCUT2D eigenvalue weighted by atomic mass is 10.1. The Morgan fingerprint density at radius 3 is 1.92 bits per heavy atom. The summed E-state index contributed by atoms with van der Waals surface area (Å²) in [5.41, 5.74) is 0.248. The van der Waals surface area contributed by atoms with Crippen LogP contribution < -0.4 is 19.1 Å². The number of esters is 4. The van der Waals surface area contributed by atoms with Crippen molar-refractivity contribution in [3.8, 4) is 17.2 Å². The normalized spacial score (nSPS) is 13.7. The first-order chi connectivity index (χ1) is 17.5. The molecule has 1 aliphatic rings. The molecular formula is C25H24N2O10. The van der Waals surface area contributed by atoms with Crippen LogP contribution in [0.3, 0.4) is 0 Å². The molecule has 1 saturated heterocycles. The minimum Gasteiger partial charge on any atom is -0.465 e. The number of piperazine rings is 1. The third kappa shape index (κ3) is 6.35. The monoisotopic (exact) mass is 512 g/mol. The number of nitrogens with zero attached hydrogens (tertiary/aromatic N) is 2. The van der Waals surface area contributed by atoms with Gasteiger partial charge >= 0.3 is 23.9 Å². The number of carbonyl (C=O) groups is 6. The quantitative estimate of drug-likeness (QED) is 0.303. The average molecular weight is 512 g/mol. The van der Waals surface area contributed by atoms with Gasteiger partial charge in [0.2, 0.25) is 11.8 Å². The first-order valence-electron chi connectivity index (χ1n) is 11.0. The molecule has 0 atom stereocenters. The molecule has 2 aromatic carbocycles. The zero-order chi connectivity index (χ0) is 27.3. The second-order valence-corrected chi connectivity index (χ2v) is 7.94. The van der Waals surface area contributed by atoms with Crippen molar-refractivity contribution in [2.75, 3.05) is 25.1 Å². The summed E-state index contributed by atoms with van der Waals surface area (Å²) in [5.74, 6) is -4.62. The Kier molecular flexibility index (Phi) is 8.35. The van der Waals surface area contributed by atoms with Gasteiger partial charge in [0.1, 0.15) is 5.56 Å². The van der Waals surface area contributed by atoms with E-state index in [1.807, 2.05) is 0 Å². The zero-order valence-electron chi connectivity index (χ0n) is 20.6. The van der Waals surface area contributed by atoms with Crippen LogP contribution >= 0.6 is 0 Å². The van der Waals surface area contributed by atoms with E-state index in [-0.39, 0.29) is 53.7 Å². The van der Waals surface area contributed by atoms with Crippen LogP contribution in [-0.2, 0) is 35.3 Å². The van der Waals surface area contributed by atoms with Gasteiger partial charge in [-0.15, -0.1) is 0 Å². The van der Waals surface area contributed by atoms with Crippen LogP contribution in [-0.4, -0.2) is 60.8 Å². The van der Waals surface area contributed by atoms with E-state index < -0.39 is 35.7 Å². The number of rotatable bonds is 7. The Labute approximate surface area is 211 Å². The summed E-state index contributed by atoms with van der Waals surface area (Å²) in [4.78, 5) is 75.6. The SMILES string of the molecule is COC(=O)c1ccc(CN2CC(=O)N(c3ccccc3OC(C)=O)C(=O)C2)c(OC(C)=O)c1OC(C)=O. The number of methoxy groups -OCH3 is 1. The van der Waals surface area contributed by atoms with Gasteiger partial charge in [-0.1, -0.05) is 18.2 Å². The van der Waals surface area contributed by atoms with Crippen LogP contribution in [0, 0.1) is 0 Å². The second-order valence-electron chi connectivity index (χ2n) is 7.94. The Hall–Kier alpha value is -4.58. The van der Waals surface area contributed by atoms with Crippen LogP contribution in [0.1, 0.15) is 36.7 Å². The van der Waals surface area contributed by atoms with Gasteiger partial charge in [0.15, 0.2) is 17.2 Å². The van der Waals surface area contributed by atoms with Gasteiger partial charge in [-0.05, 0) is 18.2 Å². The van der Waals surface area contributed by atoms with Crippen molar-refractivity contribution in [1.29, 1.82) is 0 Å². The van der Waals surface area contributed by atoms with E-state index in [1.165, 1.54) is 36.1 Å². The molecule has 1 fully saturated rings. The van der Waals surface area contributed by atoms with Crippen molar-refractivity contribution < 1.29 is 47.7 Å². The van der Waals surface area contributed by atoms with Gasteiger partial charge in [-0.2, -0.15) is 0 Å². The maximum atomic E-state index is 13.0. The highest BCUT2D eigenvalue weighted by atomic mass is 16.6. The first-order valence-corrected chi connectivity index (χ1v) is 11.0. The van der Waals surface area contributed by atoms with Crippen molar-refractivity contribution in [3.05, 3.63) is 47.5 Å². The van der Waals surface area contributed by atoms with Gasteiger partial charge in [-0.3, -0.25) is 28.9 Å². The van der Waals surface area contributed by atoms with E-state index in [9.17, 15) is 28.8 Å². The Morgan fingerprint density at radius 2 is 1.35 bits per heavy atom. The molecule has 37 heavy (non-hydrogen) atoms. The lowest BCUT2D eigenvalue weighted by Gasteiger charge is -2.33. The molecule has 2 aromatic rings. The summed E-state index contributed by atoms with van der Waals surface area (Å²) in [7, 11) is 1.13. The highest BCUT2D eigenvalue weighted by Gasteiger charge is 2.35. The lowest BCUT2D eigenvalue weighted by Crippen LogP contribution is -2.54. The fraction of sp³-hybridized carbons (Fsp3) is 0.280. The van der Waals surface area contributed by atoms with Crippen LogP contribution in [0.4, 0.5) is 5.69 Å². The summed E-state index contributed by atoms with van der Waals surface area (Å²) in [6.07, 6.45) is 0. The number of hydrogen-bond acceptors (Lipinski definition) is 11. The number of imide groups is 1. The first kappa shape index (κ1) is 27.0. The van der Waals surface area contributed by atoms with Gasteiger partial charge < -0.3 is 18.9 Å². The largest absolute Gasteiger partial charge is 0.465 e. The standard InChI is InChI=1S/C25H24N2O10/c1-14(28)35-20-8-6-5-7-19(20)27-21(31)12-26(13-22(27)32)11-17-9-10-18(25(33)34-4)24(37-16(3)30)23(17)36-15(2)29/h5-10H,11-13H2,1-4H3. The molecule has 0 spiro atoms. The molecule has 0 bridgehead atoms. The topological polar surface area (TPSA) is 146 Å². The molecule has 3 rings (SSSR count). The molecule has 0 saturated carbocycles. The van der Waals surface area contributed by atoms with Crippen molar-refractivity contribution in [2.24, 2.45) is 0 Å². The zero-order valence-corrected chi connectivity index (χ0v) is 20.6. The minimum atomic E-state index is -0.832. The maximum Gasteiger partial charge on any atom is 0.341 e. The Morgan fingerprint density at radius 1 is 0.784 bits per heavy atom. The molecule has 2 amide bonds. The summed E-state index contributed by atoms with van der Waals surface area (Å²) in [5, 5.41) is 0. The van der Waals surface area contributed by atoms with E-state index in [1.54, 1.807) is 12.1 Å². The van der Waals surface area contributed by atoms with Gasteiger partial charge in [0.05, 0.1) is 25.9 Å². The maximum absolute atomic E-state index is 13.0. The van der Waals surface area contributed by atoms with Crippen LogP contribution in [0.15, 0.2) is 36.4 Å². The summed E-state index contributed by atoms with van der Waals surface area (Å²) < 4.78 is 20.3. The number of anilines is 1. The molecule has 194 valence electrons. The molecule has 12 heteroatoms. The molecular weight excluding hydrogens is 488 g/mol. The molecule has 0 N–H and O–H groups in total. The van der Waals surface area contributed by atoms with Crippen molar-refractivity contribution in [1.82, 2.24) is 4.90 Å². The van der Waals surface area contributed by atoms with Crippen LogP contribution in [0.2, 0.25) is 0 Å². The van der Waals surface area contributed by atoms with E-state index in [0.29, 0.717) is 0 Å². The number of para-hydroxylation sites is 2. The summed E-state index contributed by atoms with van der Waals surface area (Å²) >= 11 is 0. The van der Waals surface area contributed by atoms with Gasteiger partial charge in [0, 0.05) is 32.9 Å². The average Bonchev–Trinajstić information content (AvgIpc) is 2.80. The molecule has 0 aromatic heterocycles. The minimum absolute atomic E-state index is 0.0618. The molecule has 0 radical (unpaired) electrons. The number of hydrogen-bond donors (Lipinski definition) is 0. The smallest absolute Gasteiger partial charge is 0.341 e. The Balaban J connectivity index is 1.94. The number of amides is 2. The fourth-order valence-corrected chi connectivity index (χ4v) is 3.72. The number of carbonyl (C=O) groups excluding carboxylic acids is 6. The van der Waals surface area contributed by atoms with Crippen molar-refractivity contribution >= 4 is 41.4 Å². The highest BCUT2D eigenvalue weighted by molar-refractivity contribution is 6.18. The predicted octanol–water partition coefficient (Wildman–Crippen LogP) is 1.62. The number of benzene rings is 2. The van der Waals surface area contributed by atoms with E-state index in [0.717, 1.165) is 25.9 Å². The predicted molar refractivity (Wildman–Crippen MR) is 126 cm³/mol. The second kappa shape index (κ2) is 11.4. The summed E-state index contributed by atoms with van der Waals surface area (Å²) in [6, 6.07) is 8.91. The Bertz CT molecular complexity index is 1270. The third-order valence-corrected chi connectivity index (χ3v) is 5.06. The van der Waals surface area contributed by atoms with Crippen molar-refractivity contribution in [3.63, 3.8) is 0 Å². The molecule has 12 nitrogen and oxygen atoms in total. The van der Waals surface area contributed by atoms with Crippen LogP contribution in [0.5, 0.6) is 17.2 Å². The molecule has 0 aliphatic carbocycles. The van der Waals surface area contributed by atoms with Crippen LogP contribution in [0.25, 0.3) is 0 Å².